The standard InChI is InChI=1S/C14H26N2OS/c1-12-2-4-13(5-3-12)14-15-6-11-18(14)16-7-9-17-10-8-16/h12-13,15H,2-11H2,1H3. The van der Waals surface area contributed by atoms with Crippen molar-refractivity contribution in [1.29, 1.82) is 0 Å². The summed E-state index contributed by atoms with van der Waals surface area (Å²) in [6.07, 6.45) is 5.68. The molecule has 1 unspecified atom stereocenters. The first-order valence-electron chi connectivity index (χ1n) is 7.49. The molecular weight excluding hydrogens is 244 g/mol. The molecule has 1 saturated carbocycles. The fourth-order valence-corrected chi connectivity index (χ4v) is 5.89. The Bertz CT molecular complexity index is 318. The molecule has 18 heavy (non-hydrogen) atoms. The maximum Gasteiger partial charge on any atom is 0.0603 e. The highest BCUT2D eigenvalue weighted by atomic mass is 32.2. The summed E-state index contributed by atoms with van der Waals surface area (Å²) < 4.78 is 8.16. The van der Waals surface area contributed by atoms with E-state index in [1.165, 1.54) is 38.0 Å². The van der Waals surface area contributed by atoms with Crippen LogP contribution >= 0.6 is 10.7 Å². The zero-order valence-electron chi connectivity index (χ0n) is 11.5. The molecule has 104 valence electrons. The first-order valence-corrected chi connectivity index (χ1v) is 8.84. The summed E-state index contributed by atoms with van der Waals surface area (Å²) in [4.78, 5) is 1.70. The summed E-state index contributed by atoms with van der Waals surface area (Å²) in [5.41, 5.74) is 0. The van der Waals surface area contributed by atoms with Crippen molar-refractivity contribution in [3.63, 3.8) is 0 Å². The number of rotatable bonds is 2. The molecular formula is C14H26N2OS. The number of nitrogens with one attached hydrogen (secondary N) is 1. The van der Waals surface area contributed by atoms with Crippen LogP contribution in [0.2, 0.25) is 0 Å². The maximum atomic E-state index is 5.49. The highest BCUT2D eigenvalue weighted by Crippen LogP contribution is 2.35. The van der Waals surface area contributed by atoms with Gasteiger partial charge in [0.1, 0.15) is 0 Å². The Labute approximate surface area is 113 Å². The Balaban J connectivity index is 1.71. The first kappa shape index (κ1) is 13.1. The summed E-state index contributed by atoms with van der Waals surface area (Å²) in [5, 5.41) is 3.74. The number of ether oxygens (including phenoxy) is 1. The maximum absolute atomic E-state index is 5.49. The van der Waals surface area contributed by atoms with Crippen molar-refractivity contribution in [2.75, 3.05) is 38.6 Å². The van der Waals surface area contributed by atoms with Crippen LogP contribution in [0.25, 0.3) is 0 Å². The number of hydrogen-bond acceptors (Lipinski definition) is 3. The molecule has 2 aliphatic heterocycles. The van der Waals surface area contributed by atoms with E-state index in [1.54, 1.807) is 4.99 Å². The highest BCUT2D eigenvalue weighted by molar-refractivity contribution is 8.14. The minimum Gasteiger partial charge on any atom is -0.379 e. The third-order valence-corrected chi connectivity index (χ3v) is 7.08. The molecule has 0 amide bonds. The second kappa shape index (κ2) is 6.04. The molecule has 0 aromatic carbocycles. The van der Waals surface area contributed by atoms with E-state index in [9.17, 15) is 0 Å². The summed E-state index contributed by atoms with van der Waals surface area (Å²) in [7, 11) is 0.399. The molecule has 0 radical (unpaired) electrons. The lowest BCUT2D eigenvalue weighted by Crippen LogP contribution is -2.35. The molecule has 1 aliphatic carbocycles. The number of morpholine rings is 1. The third kappa shape index (κ3) is 2.82. The van der Waals surface area contributed by atoms with Crippen molar-refractivity contribution in [2.24, 2.45) is 11.8 Å². The van der Waals surface area contributed by atoms with Gasteiger partial charge in [-0.05, 0) is 18.8 Å². The van der Waals surface area contributed by atoms with Crippen LogP contribution in [0.3, 0.4) is 0 Å². The normalized spacial score (nSPS) is 39.2. The molecule has 2 fully saturated rings. The van der Waals surface area contributed by atoms with Crippen LogP contribution in [-0.4, -0.2) is 47.9 Å². The molecule has 3 nitrogen and oxygen atoms in total. The smallest absolute Gasteiger partial charge is 0.0603 e. The van der Waals surface area contributed by atoms with E-state index in [0.717, 1.165) is 38.1 Å². The van der Waals surface area contributed by atoms with Gasteiger partial charge in [0.2, 0.25) is 0 Å². The lowest BCUT2D eigenvalue weighted by atomic mass is 9.83. The van der Waals surface area contributed by atoms with E-state index in [-0.39, 0.29) is 0 Å². The first-order chi connectivity index (χ1) is 8.84. The summed E-state index contributed by atoms with van der Waals surface area (Å²) in [6.45, 7) is 7.73. The Morgan fingerprint density at radius 1 is 1.17 bits per heavy atom. The van der Waals surface area contributed by atoms with Gasteiger partial charge in [-0.15, -0.1) is 10.7 Å². The van der Waals surface area contributed by atoms with Crippen LogP contribution in [0.4, 0.5) is 0 Å². The molecule has 0 aromatic rings. The Hall–Kier alpha value is 0.1000. The Morgan fingerprint density at radius 2 is 1.89 bits per heavy atom. The number of nitrogens with zero attached hydrogens (tertiary/aromatic N) is 1. The zero-order chi connectivity index (χ0) is 12.4. The van der Waals surface area contributed by atoms with Gasteiger partial charge >= 0.3 is 0 Å². The van der Waals surface area contributed by atoms with Gasteiger partial charge < -0.3 is 4.74 Å². The van der Waals surface area contributed by atoms with Gasteiger partial charge in [0.05, 0.1) is 13.2 Å². The fourth-order valence-electron chi connectivity index (χ4n) is 3.36. The second-order valence-electron chi connectivity index (χ2n) is 5.86. The SMILES string of the molecule is CC1CCC(C2=S(N3CCOCC3)CCN2)CC1. The topological polar surface area (TPSA) is 24.5 Å². The van der Waals surface area contributed by atoms with Gasteiger partial charge in [0.25, 0.3) is 0 Å². The van der Waals surface area contributed by atoms with Crippen LogP contribution in [0, 0.1) is 11.8 Å². The lowest BCUT2D eigenvalue weighted by Gasteiger charge is -2.33. The van der Waals surface area contributed by atoms with Gasteiger partial charge in [-0.25, -0.2) is 0 Å². The quantitative estimate of drug-likeness (QED) is 0.777. The zero-order valence-corrected chi connectivity index (χ0v) is 12.3. The monoisotopic (exact) mass is 270 g/mol. The van der Waals surface area contributed by atoms with E-state index < -0.39 is 0 Å². The van der Waals surface area contributed by atoms with Gasteiger partial charge in [-0.3, -0.25) is 9.62 Å². The Kier molecular flexibility index (Phi) is 4.39. The predicted octanol–water partition coefficient (Wildman–Crippen LogP) is 2.06. The van der Waals surface area contributed by atoms with E-state index >= 15 is 0 Å². The third-order valence-electron chi connectivity index (χ3n) is 4.52. The molecule has 2 heterocycles. The van der Waals surface area contributed by atoms with Crippen LogP contribution in [0.15, 0.2) is 0 Å². The number of hydrogen-bond donors (Lipinski definition) is 1. The predicted molar refractivity (Wildman–Crippen MR) is 79.0 cm³/mol. The average Bonchev–Trinajstić information content (AvgIpc) is 2.90. The van der Waals surface area contributed by atoms with E-state index in [1.807, 2.05) is 0 Å². The molecule has 4 heteroatoms. The molecule has 0 spiro atoms. The minimum atomic E-state index is 0.399. The molecule has 1 N–H and O–H groups in total. The van der Waals surface area contributed by atoms with Gasteiger partial charge in [-0.2, -0.15) is 0 Å². The second-order valence-corrected chi connectivity index (χ2v) is 7.95. The van der Waals surface area contributed by atoms with E-state index in [4.69, 9.17) is 4.74 Å². The minimum absolute atomic E-state index is 0.399. The molecule has 1 atom stereocenters. The highest BCUT2D eigenvalue weighted by Gasteiger charge is 2.28. The van der Waals surface area contributed by atoms with E-state index in [2.05, 4.69) is 16.5 Å². The molecule has 1 saturated heterocycles. The molecule has 0 bridgehead atoms. The van der Waals surface area contributed by atoms with E-state index in [0.29, 0.717) is 10.7 Å². The van der Waals surface area contributed by atoms with Gasteiger partial charge in [0, 0.05) is 36.3 Å². The van der Waals surface area contributed by atoms with Gasteiger partial charge in [-0.1, -0.05) is 19.8 Å². The van der Waals surface area contributed by atoms with Crippen molar-refractivity contribution >= 4 is 15.7 Å². The average molecular weight is 270 g/mol. The molecule has 0 aromatic heterocycles. The largest absolute Gasteiger partial charge is 0.379 e. The lowest BCUT2D eigenvalue weighted by molar-refractivity contribution is 0.0771. The van der Waals surface area contributed by atoms with Crippen molar-refractivity contribution in [3.8, 4) is 0 Å². The van der Waals surface area contributed by atoms with Crippen molar-refractivity contribution in [1.82, 2.24) is 9.62 Å². The summed E-state index contributed by atoms with van der Waals surface area (Å²) >= 11 is 0. The summed E-state index contributed by atoms with van der Waals surface area (Å²) in [5.74, 6) is 3.14. The van der Waals surface area contributed by atoms with Crippen LogP contribution in [-0.2, 0) is 4.74 Å². The molecule has 3 rings (SSSR count). The molecule has 3 aliphatic rings. The summed E-state index contributed by atoms with van der Waals surface area (Å²) in [6, 6.07) is 0. The van der Waals surface area contributed by atoms with Crippen LogP contribution in [0.1, 0.15) is 32.6 Å². The van der Waals surface area contributed by atoms with Crippen molar-refractivity contribution < 1.29 is 4.74 Å². The van der Waals surface area contributed by atoms with Crippen LogP contribution in [0.5, 0.6) is 0 Å². The Morgan fingerprint density at radius 3 is 2.61 bits per heavy atom. The van der Waals surface area contributed by atoms with Crippen molar-refractivity contribution in [3.05, 3.63) is 0 Å². The fraction of sp³-hybridized carbons (Fsp3) is 0.929. The van der Waals surface area contributed by atoms with Crippen molar-refractivity contribution in [2.45, 2.75) is 32.6 Å². The van der Waals surface area contributed by atoms with Gasteiger partial charge in [0.15, 0.2) is 0 Å². The van der Waals surface area contributed by atoms with Crippen LogP contribution < -0.4 is 5.32 Å².